The SMILES string of the molecule is CCOC(=O)c1ccc(NC(=S)N[C@@H](NC(=O)c2ccccc2Cl)C(Cl)(Cl)Cl)cc1. The fraction of sp³-hybridized carbons (Fsp3) is 0.211. The molecule has 0 aliphatic heterocycles. The molecule has 1 atom stereocenters. The van der Waals surface area contributed by atoms with Gasteiger partial charge in [0.2, 0.25) is 3.79 Å². The Bertz CT molecular complexity index is 920. The summed E-state index contributed by atoms with van der Waals surface area (Å²) in [7, 11) is 0. The zero-order chi connectivity index (χ0) is 22.3. The Balaban J connectivity index is 2.04. The first kappa shape index (κ1) is 24.5. The molecule has 2 rings (SSSR count). The lowest BCUT2D eigenvalue weighted by atomic mass is 10.2. The number of carbonyl (C=O) groups excluding carboxylic acids is 2. The molecule has 6 nitrogen and oxygen atoms in total. The second-order valence-corrected chi connectivity index (χ2v) is 9.01. The van der Waals surface area contributed by atoms with Crippen molar-refractivity contribution in [2.45, 2.75) is 16.9 Å². The summed E-state index contributed by atoms with van der Waals surface area (Å²) in [5.74, 6) is -0.977. The standard InChI is InChI=1S/C19H17Cl4N3O3S/c1-2-29-16(28)11-7-9-12(10-8-11)24-18(30)26-17(19(21,22)23)25-15(27)13-5-3-4-6-14(13)20/h3-10,17H,2H2,1H3,(H,25,27)(H2,24,26,30)/t17-/m1/s1. The zero-order valence-corrected chi connectivity index (χ0v) is 19.4. The van der Waals surface area contributed by atoms with Gasteiger partial charge in [0.1, 0.15) is 6.17 Å². The summed E-state index contributed by atoms with van der Waals surface area (Å²) in [5, 5.41) is 8.50. The maximum Gasteiger partial charge on any atom is 0.338 e. The van der Waals surface area contributed by atoms with Gasteiger partial charge >= 0.3 is 5.97 Å². The van der Waals surface area contributed by atoms with Crippen LogP contribution in [0.1, 0.15) is 27.6 Å². The van der Waals surface area contributed by atoms with E-state index in [0.717, 1.165) is 0 Å². The predicted octanol–water partition coefficient (Wildman–Crippen LogP) is 4.93. The number of carbonyl (C=O) groups is 2. The third-order valence-corrected chi connectivity index (χ3v) is 4.85. The summed E-state index contributed by atoms with van der Waals surface area (Å²) >= 11 is 29.2. The lowest BCUT2D eigenvalue weighted by molar-refractivity contribution is 0.0526. The summed E-state index contributed by atoms with van der Waals surface area (Å²) in [4.78, 5) is 24.2. The number of rotatable bonds is 6. The molecule has 0 fully saturated rings. The van der Waals surface area contributed by atoms with Crippen molar-refractivity contribution < 1.29 is 14.3 Å². The van der Waals surface area contributed by atoms with Gasteiger partial charge in [-0.25, -0.2) is 4.79 Å². The van der Waals surface area contributed by atoms with Crippen LogP contribution in [0.3, 0.4) is 0 Å². The van der Waals surface area contributed by atoms with Gasteiger partial charge in [-0.2, -0.15) is 0 Å². The van der Waals surface area contributed by atoms with Gasteiger partial charge in [-0.15, -0.1) is 0 Å². The molecule has 0 heterocycles. The Labute approximate surface area is 199 Å². The first-order chi connectivity index (χ1) is 14.1. The molecule has 0 unspecified atom stereocenters. The van der Waals surface area contributed by atoms with Gasteiger partial charge in [-0.3, -0.25) is 4.79 Å². The Morgan fingerprint density at radius 1 is 1.07 bits per heavy atom. The van der Waals surface area contributed by atoms with Crippen LogP contribution < -0.4 is 16.0 Å². The molecule has 160 valence electrons. The number of esters is 1. The second kappa shape index (κ2) is 11.0. The highest BCUT2D eigenvalue weighted by molar-refractivity contribution is 7.80. The van der Waals surface area contributed by atoms with E-state index in [9.17, 15) is 9.59 Å². The molecule has 0 saturated heterocycles. The third kappa shape index (κ3) is 7.18. The quantitative estimate of drug-likeness (QED) is 0.222. The Hall–Kier alpha value is -1.77. The Morgan fingerprint density at radius 3 is 2.27 bits per heavy atom. The number of anilines is 1. The van der Waals surface area contributed by atoms with Crippen LogP contribution in [-0.2, 0) is 4.74 Å². The molecule has 3 N–H and O–H groups in total. The number of thiocarbonyl (C=S) groups is 1. The number of ether oxygens (including phenoxy) is 1. The minimum absolute atomic E-state index is 0.0784. The van der Waals surface area contributed by atoms with Gasteiger partial charge in [0.05, 0.1) is 22.8 Å². The number of alkyl halides is 3. The minimum Gasteiger partial charge on any atom is -0.462 e. The van der Waals surface area contributed by atoms with Crippen molar-refractivity contribution in [1.29, 1.82) is 0 Å². The summed E-state index contributed by atoms with van der Waals surface area (Å²) < 4.78 is 3.01. The van der Waals surface area contributed by atoms with Crippen molar-refractivity contribution in [3.05, 3.63) is 64.7 Å². The average Bonchev–Trinajstić information content (AvgIpc) is 2.67. The van der Waals surface area contributed by atoms with Crippen molar-refractivity contribution in [3.8, 4) is 0 Å². The monoisotopic (exact) mass is 507 g/mol. The van der Waals surface area contributed by atoms with E-state index < -0.39 is 21.8 Å². The van der Waals surface area contributed by atoms with Gasteiger partial charge in [0, 0.05) is 5.69 Å². The molecule has 0 aliphatic rings. The van der Waals surface area contributed by atoms with Crippen molar-refractivity contribution in [1.82, 2.24) is 10.6 Å². The highest BCUT2D eigenvalue weighted by atomic mass is 35.6. The zero-order valence-electron chi connectivity index (χ0n) is 15.5. The molecule has 0 radical (unpaired) electrons. The normalized spacial score (nSPS) is 11.9. The number of hydrogen-bond acceptors (Lipinski definition) is 4. The largest absolute Gasteiger partial charge is 0.462 e. The maximum atomic E-state index is 12.5. The van der Waals surface area contributed by atoms with Crippen molar-refractivity contribution in [2.75, 3.05) is 11.9 Å². The molecule has 0 spiro atoms. The first-order valence-electron chi connectivity index (χ1n) is 8.58. The van der Waals surface area contributed by atoms with Crippen molar-refractivity contribution >= 4 is 81.3 Å². The lowest BCUT2D eigenvalue weighted by Gasteiger charge is -2.28. The van der Waals surface area contributed by atoms with Crippen LogP contribution in [-0.4, -0.2) is 33.6 Å². The summed E-state index contributed by atoms with van der Waals surface area (Å²) in [6, 6.07) is 12.9. The van der Waals surface area contributed by atoms with E-state index >= 15 is 0 Å². The van der Waals surface area contributed by atoms with E-state index in [-0.39, 0.29) is 22.3 Å². The van der Waals surface area contributed by atoms with Crippen LogP contribution in [0.4, 0.5) is 5.69 Å². The molecule has 2 aromatic rings. The number of hydrogen-bond donors (Lipinski definition) is 3. The van der Waals surface area contributed by atoms with Gasteiger partial charge < -0.3 is 20.7 Å². The topological polar surface area (TPSA) is 79.5 Å². The van der Waals surface area contributed by atoms with Crippen LogP contribution in [0.15, 0.2) is 48.5 Å². The van der Waals surface area contributed by atoms with E-state index in [1.54, 1.807) is 49.4 Å². The van der Waals surface area contributed by atoms with E-state index in [1.165, 1.54) is 6.07 Å². The smallest absolute Gasteiger partial charge is 0.338 e. The molecular weight excluding hydrogens is 492 g/mol. The first-order valence-corrected chi connectivity index (χ1v) is 10.5. The molecule has 30 heavy (non-hydrogen) atoms. The third-order valence-electron chi connectivity index (χ3n) is 3.65. The van der Waals surface area contributed by atoms with Gasteiger partial charge in [0.25, 0.3) is 5.91 Å². The molecule has 2 aromatic carbocycles. The van der Waals surface area contributed by atoms with E-state index in [0.29, 0.717) is 11.3 Å². The highest BCUT2D eigenvalue weighted by Gasteiger charge is 2.35. The molecular formula is C19H17Cl4N3O3S. The van der Waals surface area contributed by atoms with Crippen LogP contribution in [0.5, 0.6) is 0 Å². The van der Waals surface area contributed by atoms with E-state index in [2.05, 4.69) is 16.0 Å². The fourth-order valence-electron chi connectivity index (χ4n) is 2.26. The highest BCUT2D eigenvalue weighted by Crippen LogP contribution is 2.29. The summed E-state index contributed by atoms with van der Waals surface area (Å²) in [6.45, 7) is 2.01. The fourth-order valence-corrected chi connectivity index (χ4v) is 3.04. The number of benzene rings is 2. The van der Waals surface area contributed by atoms with Crippen molar-refractivity contribution in [2.24, 2.45) is 0 Å². The van der Waals surface area contributed by atoms with Gasteiger partial charge in [-0.1, -0.05) is 58.5 Å². The predicted molar refractivity (Wildman–Crippen MR) is 125 cm³/mol. The number of amides is 1. The molecule has 0 bridgehead atoms. The molecule has 0 saturated carbocycles. The second-order valence-electron chi connectivity index (χ2n) is 5.82. The summed E-state index contributed by atoms with van der Waals surface area (Å²) in [5.41, 5.74) is 1.18. The molecule has 1 amide bonds. The number of halogens is 4. The lowest BCUT2D eigenvalue weighted by Crippen LogP contribution is -2.56. The van der Waals surface area contributed by atoms with Crippen LogP contribution in [0, 0.1) is 0 Å². The van der Waals surface area contributed by atoms with Crippen molar-refractivity contribution in [3.63, 3.8) is 0 Å². The molecule has 0 aliphatic carbocycles. The van der Waals surface area contributed by atoms with Gasteiger partial charge in [-0.05, 0) is 55.5 Å². The minimum atomic E-state index is -1.92. The Morgan fingerprint density at radius 2 is 1.70 bits per heavy atom. The average molecular weight is 509 g/mol. The Kier molecular flexibility index (Phi) is 9.00. The van der Waals surface area contributed by atoms with Gasteiger partial charge in [0.15, 0.2) is 5.11 Å². The molecule has 11 heteroatoms. The van der Waals surface area contributed by atoms with Crippen LogP contribution >= 0.6 is 58.6 Å². The summed E-state index contributed by atoms with van der Waals surface area (Å²) in [6.07, 6.45) is -1.16. The maximum absolute atomic E-state index is 12.5. The molecule has 0 aromatic heterocycles. The van der Waals surface area contributed by atoms with Crippen LogP contribution in [0.25, 0.3) is 0 Å². The number of nitrogens with one attached hydrogen (secondary N) is 3. The van der Waals surface area contributed by atoms with E-state index in [1.807, 2.05) is 0 Å². The van der Waals surface area contributed by atoms with E-state index in [4.69, 9.17) is 63.4 Å². The van der Waals surface area contributed by atoms with Crippen LogP contribution in [0.2, 0.25) is 5.02 Å².